The van der Waals surface area contributed by atoms with Crippen LogP contribution in [0.15, 0.2) is 97.1 Å². The zero-order valence-electron chi connectivity index (χ0n) is 29.3. The Kier molecular flexibility index (Phi) is 16.8. The predicted octanol–water partition coefficient (Wildman–Crippen LogP) is 12.0. The van der Waals surface area contributed by atoms with Gasteiger partial charge >= 0.3 is 5.97 Å². The molecular weight excluding hydrogens is 606 g/mol. The van der Waals surface area contributed by atoms with E-state index in [2.05, 4.69) is 37.3 Å². The number of esters is 1. The van der Waals surface area contributed by atoms with Crippen LogP contribution in [0.5, 0.6) is 11.5 Å². The molecule has 5 nitrogen and oxygen atoms in total. The molecule has 0 amide bonds. The van der Waals surface area contributed by atoms with Gasteiger partial charge in [-0.1, -0.05) is 126 Å². The van der Waals surface area contributed by atoms with Crippen molar-refractivity contribution in [3.05, 3.63) is 108 Å². The van der Waals surface area contributed by atoms with E-state index in [4.69, 9.17) is 19.5 Å². The van der Waals surface area contributed by atoms with Gasteiger partial charge in [0.2, 0.25) is 0 Å². The molecule has 0 fully saturated rings. The third-order valence-electron chi connectivity index (χ3n) is 8.82. The lowest BCUT2D eigenvalue weighted by Gasteiger charge is -2.09. The number of benzene rings is 4. The van der Waals surface area contributed by atoms with Gasteiger partial charge in [-0.25, -0.2) is 4.79 Å². The highest BCUT2D eigenvalue weighted by atomic mass is 16.5. The average molecular weight is 660 g/mol. The Hall–Kier alpha value is -4.56. The molecule has 258 valence electrons. The molecule has 0 radical (unpaired) electrons. The van der Waals surface area contributed by atoms with Gasteiger partial charge < -0.3 is 14.2 Å². The highest BCUT2D eigenvalue weighted by Crippen LogP contribution is 2.25. The summed E-state index contributed by atoms with van der Waals surface area (Å²) in [6.07, 6.45) is 16.5. The molecule has 0 aromatic heterocycles. The lowest BCUT2D eigenvalue weighted by molar-refractivity contribution is 0.0497. The van der Waals surface area contributed by atoms with Gasteiger partial charge in [-0.15, -0.1) is 0 Å². The van der Waals surface area contributed by atoms with Gasteiger partial charge in [-0.3, -0.25) is 0 Å². The molecule has 0 saturated heterocycles. The van der Waals surface area contributed by atoms with Gasteiger partial charge in [0, 0.05) is 0 Å². The predicted molar refractivity (Wildman–Crippen MR) is 200 cm³/mol. The first-order chi connectivity index (χ1) is 24.2. The first kappa shape index (κ1) is 37.3. The van der Waals surface area contributed by atoms with E-state index < -0.39 is 0 Å². The minimum absolute atomic E-state index is 0.255. The van der Waals surface area contributed by atoms with Crippen molar-refractivity contribution < 1.29 is 19.0 Å². The van der Waals surface area contributed by atoms with E-state index in [0.29, 0.717) is 17.7 Å². The second kappa shape index (κ2) is 22.1. The summed E-state index contributed by atoms with van der Waals surface area (Å²) in [4.78, 5) is 12.5. The summed E-state index contributed by atoms with van der Waals surface area (Å²) in [5, 5.41) is 8.96. The molecular formula is C44H53NO4. The van der Waals surface area contributed by atoms with Crippen LogP contribution >= 0.6 is 0 Å². The summed E-state index contributed by atoms with van der Waals surface area (Å²) < 4.78 is 17.4. The normalized spacial score (nSPS) is 10.8. The molecule has 49 heavy (non-hydrogen) atoms. The number of nitrogens with zero attached hydrogens (tertiary/aromatic N) is 1. The van der Waals surface area contributed by atoms with Gasteiger partial charge in [0.25, 0.3) is 0 Å². The molecule has 0 heterocycles. The monoisotopic (exact) mass is 659 g/mol. The zero-order chi connectivity index (χ0) is 34.4. The van der Waals surface area contributed by atoms with Crippen LogP contribution in [-0.2, 0) is 4.74 Å². The lowest BCUT2D eigenvalue weighted by Crippen LogP contribution is -2.06. The number of hydrogen-bond donors (Lipinski definition) is 0. The molecule has 0 saturated carbocycles. The van der Waals surface area contributed by atoms with Crippen LogP contribution < -0.4 is 9.47 Å². The zero-order valence-corrected chi connectivity index (χ0v) is 29.3. The van der Waals surface area contributed by atoms with E-state index in [1.165, 1.54) is 57.8 Å². The van der Waals surface area contributed by atoms with E-state index in [1.54, 1.807) is 0 Å². The number of hydrogen-bond acceptors (Lipinski definition) is 5. The summed E-state index contributed by atoms with van der Waals surface area (Å²) in [6.45, 7) is 4.20. The molecule has 4 rings (SSSR count). The number of carbonyl (C=O) groups excluding carboxylic acids is 1. The molecule has 0 spiro atoms. The van der Waals surface area contributed by atoms with Gasteiger partial charge in [-0.2, -0.15) is 5.26 Å². The minimum Gasteiger partial charge on any atom is -0.494 e. The van der Waals surface area contributed by atoms with Crippen molar-refractivity contribution in [3.8, 4) is 39.8 Å². The Labute approximate surface area is 294 Å². The maximum Gasteiger partial charge on any atom is 0.338 e. The minimum atomic E-state index is -0.255. The van der Waals surface area contributed by atoms with E-state index in [9.17, 15) is 4.79 Å². The van der Waals surface area contributed by atoms with Crippen LogP contribution in [0, 0.1) is 11.3 Å². The summed E-state index contributed by atoms with van der Waals surface area (Å²) in [7, 11) is 0. The molecule has 0 aliphatic heterocycles. The number of ether oxygens (including phenoxy) is 3. The summed E-state index contributed by atoms with van der Waals surface area (Å²) in [5.74, 6) is 1.54. The first-order valence-electron chi connectivity index (χ1n) is 18.4. The molecule has 0 N–H and O–H groups in total. The van der Waals surface area contributed by atoms with Crippen LogP contribution in [0.1, 0.15) is 113 Å². The Balaban J connectivity index is 0.984. The smallest absolute Gasteiger partial charge is 0.338 e. The van der Waals surface area contributed by atoms with Crippen molar-refractivity contribution in [3.63, 3.8) is 0 Å². The third-order valence-corrected chi connectivity index (χ3v) is 8.82. The Morgan fingerprint density at radius 3 is 1.29 bits per heavy atom. The average Bonchev–Trinajstić information content (AvgIpc) is 3.15. The molecule has 0 aliphatic carbocycles. The molecule has 0 unspecified atom stereocenters. The molecule has 0 bridgehead atoms. The largest absolute Gasteiger partial charge is 0.494 e. The number of nitriles is 1. The van der Waals surface area contributed by atoms with Crippen molar-refractivity contribution in [2.45, 2.75) is 96.8 Å². The molecule has 4 aromatic carbocycles. The van der Waals surface area contributed by atoms with Gasteiger partial charge in [0.15, 0.2) is 0 Å². The molecule has 0 aliphatic rings. The standard InChI is InChI=1S/C44H53NO4/c1-2-3-4-5-10-13-32-47-43-30-26-40(27-31-43)38-20-22-41(23-21-38)44(46)49-34-15-12-9-7-6-8-11-14-33-48-42-28-24-39(25-29-42)37-18-16-36(35-45)17-19-37/h16-31H,2-15,32-34H2,1H3. The van der Waals surface area contributed by atoms with E-state index in [1.807, 2.05) is 72.8 Å². The lowest BCUT2D eigenvalue weighted by atomic mass is 10.0. The van der Waals surface area contributed by atoms with Gasteiger partial charge in [0.05, 0.1) is 37.0 Å². The number of rotatable bonds is 23. The molecule has 0 atom stereocenters. The highest BCUT2D eigenvalue weighted by molar-refractivity contribution is 5.90. The van der Waals surface area contributed by atoms with E-state index >= 15 is 0 Å². The van der Waals surface area contributed by atoms with Crippen LogP contribution in [0.4, 0.5) is 0 Å². The second-order valence-corrected chi connectivity index (χ2v) is 12.7. The van der Waals surface area contributed by atoms with Crippen LogP contribution in [0.25, 0.3) is 22.3 Å². The van der Waals surface area contributed by atoms with E-state index in [0.717, 1.165) is 79.1 Å². The maximum atomic E-state index is 12.5. The summed E-state index contributed by atoms with van der Waals surface area (Å²) >= 11 is 0. The van der Waals surface area contributed by atoms with Crippen LogP contribution in [-0.4, -0.2) is 25.8 Å². The first-order valence-corrected chi connectivity index (χ1v) is 18.4. The summed E-state index contributed by atoms with van der Waals surface area (Å²) in [5.41, 5.74) is 5.63. The van der Waals surface area contributed by atoms with E-state index in [-0.39, 0.29) is 5.97 Å². The molecule has 5 heteroatoms. The van der Waals surface area contributed by atoms with Crippen molar-refractivity contribution >= 4 is 5.97 Å². The third kappa shape index (κ3) is 13.8. The maximum absolute atomic E-state index is 12.5. The van der Waals surface area contributed by atoms with Gasteiger partial charge in [0.1, 0.15) is 11.5 Å². The number of unbranched alkanes of at least 4 members (excludes halogenated alkanes) is 12. The van der Waals surface area contributed by atoms with Crippen molar-refractivity contribution in [2.75, 3.05) is 19.8 Å². The summed E-state index contributed by atoms with van der Waals surface area (Å²) in [6, 6.07) is 33.7. The fourth-order valence-corrected chi connectivity index (χ4v) is 5.80. The Bertz CT molecular complexity index is 1520. The van der Waals surface area contributed by atoms with Crippen LogP contribution in [0.2, 0.25) is 0 Å². The van der Waals surface area contributed by atoms with Crippen molar-refractivity contribution in [2.24, 2.45) is 0 Å². The second-order valence-electron chi connectivity index (χ2n) is 12.7. The highest BCUT2D eigenvalue weighted by Gasteiger charge is 2.08. The SMILES string of the molecule is CCCCCCCCOc1ccc(-c2ccc(C(=O)OCCCCCCCCCCOc3ccc(-c4ccc(C#N)cc4)cc3)cc2)cc1. The number of carbonyl (C=O) groups is 1. The fraction of sp³-hybridized carbons (Fsp3) is 0.409. The Morgan fingerprint density at radius 2 is 0.857 bits per heavy atom. The quantitative estimate of drug-likeness (QED) is 0.0585. The van der Waals surface area contributed by atoms with Gasteiger partial charge in [-0.05, 0) is 90.0 Å². The molecule has 4 aromatic rings. The Morgan fingerprint density at radius 1 is 0.490 bits per heavy atom. The fourth-order valence-electron chi connectivity index (χ4n) is 5.80. The van der Waals surface area contributed by atoms with Crippen LogP contribution in [0.3, 0.4) is 0 Å². The topological polar surface area (TPSA) is 68.6 Å². The van der Waals surface area contributed by atoms with Crippen molar-refractivity contribution in [1.82, 2.24) is 0 Å². The van der Waals surface area contributed by atoms with Crippen molar-refractivity contribution in [1.29, 1.82) is 5.26 Å².